The summed E-state index contributed by atoms with van der Waals surface area (Å²) in [5.41, 5.74) is 0.357. The number of furan rings is 1. The van der Waals surface area contributed by atoms with Gasteiger partial charge in [-0.1, -0.05) is 6.07 Å². The highest BCUT2D eigenvalue weighted by Gasteiger charge is 2.17. The fourth-order valence-electron chi connectivity index (χ4n) is 2.23. The van der Waals surface area contributed by atoms with Crippen LogP contribution in [0.15, 0.2) is 51.8 Å². The highest BCUT2D eigenvalue weighted by atomic mass is 32.2. The average Bonchev–Trinajstić information content (AvgIpc) is 3.12. The summed E-state index contributed by atoms with van der Waals surface area (Å²) < 4.78 is 35.5. The average molecular weight is 406 g/mol. The lowest BCUT2D eigenvalue weighted by Gasteiger charge is -2.12. The Kier molecular flexibility index (Phi) is 7.13. The summed E-state index contributed by atoms with van der Waals surface area (Å²) in [6, 6.07) is 9.39. The third-order valence-corrected chi connectivity index (χ3v) is 5.58. The second-order valence-corrected chi connectivity index (χ2v) is 8.17. The summed E-state index contributed by atoms with van der Waals surface area (Å²) in [5, 5.41) is 2.61. The number of aryl methyl sites for hydroxylation is 1. The van der Waals surface area contributed by atoms with Crippen LogP contribution in [0.5, 0.6) is 0 Å². The number of benzene rings is 1. The van der Waals surface area contributed by atoms with Crippen molar-refractivity contribution in [3.63, 3.8) is 0 Å². The molecule has 0 aliphatic rings. The Bertz CT molecular complexity index is 976. The number of rotatable bonds is 8. The van der Waals surface area contributed by atoms with Gasteiger partial charge in [-0.15, -0.1) is 0 Å². The van der Waals surface area contributed by atoms with Crippen LogP contribution in [0.3, 0.4) is 0 Å². The molecule has 1 aromatic carbocycles. The van der Waals surface area contributed by atoms with Crippen molar-refractivity contribution < 1.29 is 27.2 Å². The van der Waals surface area contributed by atoms with Crippen molar-refractivity contribution in [2.45, 2.75) is 17.7 Å². The van der Waals surface area contributed by atoms with Crippen LogP contribution in [0.4, 0.5) is 5.69 Å². The van der Waals surface area contributed by atoms with Crippen molar-refractivity contribution in [2.24, 2.45) is 0 Å². The van der Waals surface area contributed by atoms with Crippen molar-refractivity contribution in [1.29, 1.82) is 0 Å². The number of carbonyl (C=O) groups is 2. The molecule has 0 spiro atoms. The van der Waals surface area contributed by atoms with E-state index in [9.17, 15) is 18.0 Å². The molecule has 1 heterocycles. The van der Waals surface area contributed by atoms with Crippen molar-refractivity contribution in [2.75, 3.05) is 26.5 Å². The maximum absolute atomic E-state index is 12.2. The SMILES string of the molecule is COC(=O)CCc1ccc(/C=C/C(=O)Nc2cccc(S(=O)(=O)N(C)C)c2)o1. The molecule has 8 nitrogen and oxygen atoms in total. The van der Waals surface area contributed by atoms with E-state index in [1.165, 1.54) is 45.5 Å². The smallest absolute Gasteiger partial charge is 0.305 e. The van der Waals surface area contributed by atoms with Gasteiger partial charge in [0.2, 0.25) is 15.9 Å². The molecule has 0 bridgehead atoms. The van der Waals surface area contributed by atoms with Crippen molar-refractivity contribution in [1.82, 2.24) is 4.31 Å². The van der Waals surface area contributed by atoms with E-state index in [1.807, 2.05) is 0 Å². The van der Waals surface area contributed by atoms with Crippen LogP contribution < -0.4 is 5.32 Å². The van der Waals surface area contributed by atoms with Gasteiger partial charge in [-0.3, -0.25) is 9.59 Å². The zero-order valence-electron chi connectivity index (χ0n) is 15.8. The molecule has 9 heteroatoms. The summed E-state index contributed by atoms with van der Waals surface area (Å²) in [6.45, 7) is 0. The molecule has 0 aliphatic carbocycles. The minimum Gasteiger partial charge on any atom is -0.469 e. The highest BCUT2D eigenvalue weighted by Crippen LogP contribution is 2.18. The molecule has 0 radical (unpaired) electrons. The molecule has 2 aromatic rings. The zero-order chi connectivity index (χ0) is 20.7. The Balaban J connectivity index is 1.99. The Labute approximate surface area is 163 Å². The van der Waals surface area contributed by atoms with E-state index in [0.717, 1.165) is 4.31 Å². The Morgan fingerprint density at radius 2 is 1.96 bits per heavy atom. The quantitative estimate of drug-likeness (QED) is 0.533. The van der Waals surface area contributed by atoms with Crippen LogP contribution >= 0.6 is 0 Å². The summed E-state index contributed by atoms with van der Waals surface area (Å²) in [4.78, 5) is 23.3. The lowest BCUT2D eigenvalue weighted by molar-refractivity contribution is -0.140. The molecule has 0 unspecified atom stereocenters. The van der Waals surface area contributed by atoms with Gasteiger partial charge in [-0.2, -0.15) is 0 Å². The van der Waals surface area contributed by atoms with Crippen molar-refractivity contribution in [3.8, 4) is 0 Å². The molecule has 0 atom stereocenters. The largest absolute Gasteiger partial charge is 0.469 e. The van der Waals surface area contributed by atoms with Crippen LogP contribution in [0.1, 0.15) is 17.9 Å². The van der Waals surface area contributed by atoms with Crippen LogP contribution in [0.2, 0.25) is 0 Å². The number of hydrogen-bond donors (Lipinski definition) is 1. The first-order chi connectivity index (χ1) is 13.2. The number of ether oxygens (including phenoxy) is 1. The van der Waals surface area contributed by atoms with E-state index in [1.54, 1.807) is 24.3 Å². The number of amides is 1. The predicted molar refractivity (Wildman–Crippen MR) is 104 cm³/mol. The number of methoxy groups -OCH3 is 1. The van der Waals surface area contributed by atoms with E-state index in [-0.39, 0.29) is 17.3 Å². The van der Waals surface area contributed by atoms with Crippen molar-refractivity contribution >= 4 is 33.7 Å². The van der Waals surface area contributed by atoms with E-state index >= 15 is 0 Å². The molecule has 2 rings (SSSR count). The topological polar surface area (TPSA) is 106 Å². The lowest BCUT2D eigenvalue weighted by Crippen LogP contribution is -2.22. The maximum Gasteiger partial charge on any atom is 0.305 e. The zero-order valence-corrected chi connectivity index (χ0v) is 16.7. The first-order valence-electron chi connectivity index (χ1n) is 8.39. The normalized spacial score (nSPS) is 11.7. The van der Waals surface area contributed by atoms with Crippen LogP contribution in [-0.4, -0.2) is 45.8 Å². The number of sulfonamides is 1. The molecule has 0 aliphatic heterocycles. The molecular formula is C19H22N2O6S. The number of nitrogens with one attached hydrogen (secondary N) is 1. The van der Waals surface area contributed by atoms with Gasteiger partial charge >= 0.3 is 5.97 Å². The second kappa shape index (κ2) is 9.34. The van der Waals surface area contributed by atoms with Gasteiger partial charge in [0.15, 0.2) is 0 Å². The monoisotopic (exact) mass is 406 g/mol. The summed E-state index contributed by atoms with van der Waals surface area (Å²) in [5.74, 6) is 0.296. The fraction of sp³-hybridized carbons (Fsp3) is 0.263. The third kappa shape index (κ3) is 5.80. The number of nitrogens with zero attached hydrogens (tertiary/aromatic N) is 1. The Morgan fingerprint density at radius 1 is 1.21 bits per heavy atom. The highest BCUT2D eigenvalue weighted by molar-refractivity contribution is 7.89. The van der Waals surface area contributed by atoms with E-state index < -0.39 is 15.9 Å². The minimum atomic E-state index is -3.59. The van der Waals surface area contributed by atoms with Crippen molar-refractivity contribution in [3.05, 3.63) is 54.0 Å². The van der Waals surface area contributed by atoms with Gasteiger partial charge in [0.25, 0.3) is 0 Å². The molecule has 0 fully saturated rings. The van der Waals surface area contributed by atoms with Gasteiger partial charge in [0.05, 0.1) is 18.4 Å². The molecular weight excluding hydrogens is 384 g/mol. The third-order valence-electron chi connectivity index (χ3n) is 3.76. The van der Waals surface area contributed by atoms with Crippen LogP contribution in [-0.2, 0) is 30.8 Å². The molecule has 150 valence electrons. The fourth-order valence-corrected chi connectivity index (χ4v) is 3.18. The number of anilines is 1. The lowest BCUT2D eigenvalue weighted by atomic mass is 10.2. The standard InChI is InChI=1S/C19H22N2O6S/c1-21(2)28(24,25)17-6-4-5-14(13-17)20-18(22)11-9-15-7-8-16(27-15)10-12-19(23)26-3/h4-9,11,13H,10,12H2,1-3H3,(H,20,22)/b11-9+. The molecule has 1 N–H and O–H groups in total. The predicted octanol–water partition coefficient (Wildman–Crippen LogP) is 2.29. The second-order valence-electron chi connectivity index (χ2n) is 6.02. The Hall–Kier alpha value is -2.91. The maximum atomic E-state index is 12.2. The summed E-state index contributed by atoms with van der Waals surface area (Å²) in [6.07, 6.45) is 3.37. The first kappa shape index (κ1) is 21.4. The number of esters is 1. The van der Waals surface area contributed by atoms with E-state index in [4.69, 9.17) is 4.42 Å². The van der Waals surface area contributed by atoms with Gasteiger partial charge in [-0.25, -0.2) is 12.7 Å². The molecule has 0 saturated carbocycles. The van der Waals surface area contributed by atoms with Gasteiger partial charge in [0, 0.05) is 32.3 Å². The van der Waals surface area contributed by atoms with Gasteiger partial charge in [0.1, 0.15) is 11.5 Å². The Morgan fingerprint density at radius 3 is 2.64 bits per heavy atom. The molecule has 28 heavy (non-hydrogen) atoms. The van der Waals surface area contributed by atoms with Crippen LogP contribution in [0, 0.1) is 0 Å². The summed E-state index contributed by atoms with van der Waals surface area (Å²) in [7, 11) is 0.610. The number of hydrogen-bond acceptors (Lipinski definition) is 6. The first-order valence-corrected chi connectivity index (χ1v) is 9.83. The molecule has 1 aromatic heterocycles. The van der Waals surface area contributed by atoms with Crippen LogP contribution in [0.25, 0.3) is 6.08 Å². The summed E-state index contributed by atoms with van der Waals surface area (Å²) >= 11 is 0. The molecule has 1 amide bonds. The van der Waals surface area contributed by atoms with E-state index in [2.05, 4.69) is 10.1 Å². The van der Waals surface area contributed by atoms with Gasteiger partial charge in [-0.05, 0) is 36.4 Å². The van der Waals surface area contributed by atoms with E-state index in [0.29, 0.717) is 23.6 Å². The number of carbonyl (C=O) groups excluding carboxylic acids is 2. The molecule has 0 saturated heterocycles. The van der Waals surface area contributed by atoms with Gasteiger partial charge < -0.3 is 14.5 Å². The minimum absolute atomic E-state index is 0.0839.